The Kier molecular flexibility index (Phi) is 8.13. The van der Waals surface area contributed by atoms with Gasteiger partial charge >= 0.3 is 5.97 Å². The van der Waals surface area contributed by atoms with Crippen LogP contribution >= 0.6 is 31.9 Å². The molecular weight excluding hydrogens is 547 g/mol. The van der Waals surface area contributed by atoms with Crippen molar-refractivity contribution < 1.29 is 23.5 Å². The van der Waals surface area contributed by atoms with E-state index in [-0.39, 0.29) is 17.9 Å². The molecule has 0 aliphatic carbocycles. The SMILES string of the molecule is Cc1ccc(OCC(=O)N/N=C/c2cc(Br)cc(Br)c2OC(=O)c2cccc(F)c2)cc1. The molecule has 0 aliphatic rings. The Hall–Kier alpha value is -3.04. The van der Waals surface area contributed by atoms with Gasteiger partial charge in [-0.1, -0.05) is 39.7 Å². The molecule has 32 heavy (non-hydrogen) atoms. The molecule has 6 nitrogen and oxygen atoms in total. The van der Waals surface area contributed by atoms with Gasteiger partial charge in [-0.15, -0.1) is 0 Å². The zero-order valence-electron chi connectivity index (χ0n) is 16.8. The molecule has 0 aliphatic heterocycles. The first-order chi connectivity index (χ1) is 15.3. The van der Waals surface area contributed by atoms with Crippen LogP contribution in [0.4, 0.5) is 4.39 Å². The lowest BCUT2D eigenvalue weighted by Crippen LogP contribution is -2.24. The molecule has 164 valence electrons. The number of benzene rings is 3. The average molecular weight is 564 g/mol. The summed E-state index contributed by atoms with van der Waals surface area (Å²) in [5.74, 6) is -1.02. The molecule has 9 heteroatoms. The van der Waals surface area contributed by atoms with Gasteiger partial charge in [-0.05, 0) is 65.3 Å². The van der Waals surface area contributed by atoms with Crippen LogP contribution in [0.25, 0.3) is 0 Å². The van der Waals surface area contributed by atoms with Gasteiger partial charge in [0.1, 0.15) is 11.6 Å². The van der Waals surface area contributed by atoms with Crippen molar-refractivity contribution in [2.75, 3.05) is 6.61 Å². The summed E-state index contributed by atoms with van der Waals surface area (Å²) in [6.07, 6.45) is 1.33. The molecule has 0 heterocycles. The van der Waals surface area contributed by atoms with Gasteiger partial charge in [-0.3, -0.25) is 4.79 Å². The standard InChI is InChI=1S/C23H17Br2FN2O4/c1-14-5-7-19(8-6-14)31-13-21(29)28-27-12-16-9-17(24)11-20(25)22(16)32-23(30)15-3-2-4-18(26)10-15/h2-12H,13H2,1H3,(H,28,29)/b27-12+. The number of ether oxygens (including phenoxy) is 2. The number of hydrazone groups is 1. The first-order valence-corrected chi connectivity index (χ1v) is 10.9. The number of aryl methyl sites for hydroxylation is 1. The molecule has 0 unspecified atom stereocenters. The zero-order chi connectivity index (χ0) is 23.1. The summed E-state index contributed by atoms with van der Waals surface area (Å²) in [7, 11) is 0. The molecule has 3 aromatic rings. The second kappa shape index (κ2) is 11.0. The Morgan fingerprint density at radius 2 is 1.84 bits per heavy atom. The van der Waals surface area contributed by atoms with E-state index in [0.29, 0.717) is 20.3 Å². The highest BCUT2D eigenvalue weighted by atomic mass is 79.9. The van der Waals surface area contributed by atoms with E-state index in [0.717, 1.165) is 11.6 Å². The molecule has 0 fully saturated rings. The molecule has 3 aromatic carbocycles. The van der Waals surface area contributed by atoms with Crippen LogP contribution in [0.2, 0.25) is 0 Å². The minimum absolute atomic E-state index is 0.0595. The first-order valence-electron chi connectivity index (χ1n) is 9.30. The third-order valence-electron chi connectivity index (χ3n) is 4.08. The van der Waals surface area contributed by atoms with Crippen LogP contribution in [-0.4, -0.2) is 24.7 Å². The molecule has 1 N–H and O–H groups in total. The van der Waals surface area contributed by atoms with Gasteiger partial charge in [0.2, 0.25) is 0 Å². The molecule has 0 bridgehead atoms. The number of carbonyl (C=O) groups is 2. The van der Waals surface area contributed by atoms with Crippen molar-refractivity contribution in [1.82, 2.24) is 5.43 Å². The Bertz CT molecular complexity index is 1170. The maximum absolute atomic E-state index is 13.4. The molecular formula is C23H17Br2FN2O4. The predicted octanol–water partition coefficient (Wildman–Crippen LogP) is 5.41. The molecule has 0 atom stereocenters. The number of nitrogens with one attached hydrogen (secondary N) is 1. The minimum Gasteiger partial charge on any atom is -0.484 e. The first kappa shape index (κ1) is 23.6. The fraction of sp³-hybridized carbons (Fsp3) is 0.0870. The van der Waals surface area contributed by atoms with E-state index in [2.05, 4.69) is 42.4 Å². The Balaban J connectivity index is 1.67. The number of rotatable bonds is 7. The lowest BCUT2D eigenvalue weighted by molar-refractivity contribution is -0.123. The van der Waals surface area contributed by atoms with E-state index in [4.69, 9.17) is 9.47 Å². The fourth-order valence-electron chi connectivity index (χ4n) is 2.54. The van der Waals surface area contributed by atoms with Gasteiger partial charge < -0.3 is 9.47 Å². The lowest BCUT2D eigenvalue weighted by Gasteiger charge is -2.10. The zero-order valence-corrected chi connectivity index (χ0v) is 19.9. The van der Waals surface area contributed by atoms with Gasteiger partial charge in [0.25, 0.3) is 5.91 Å². The third kappa shape index (κ3) is 6.73. The number of hydrogen-bond donors (Lipinski definition) is 1. The Morgan fingerprint density at radius 1 is 1.09 bits per heavy atom. The van der Waals surface area contributed by atoms with Crippen molar-refractivity contribution in [1.29, 1.82) is 0 Å². The number of nitrogens with zero attached hydrogens (tertiary/aromatic N) is 1. The normalized spacial score (nSPS) is 10.8. The van der Waals surface area contributed by atoms with Crippen molar-refractivity contribution in [3.8, 4) is 11.5 Å². The average Bonchev–Trinajstić information content (AvgIpc) is 2.75. The highest BCUT2D eigenvalue weighted by molar-refractivity contribution is 9.11. The van der Waals surface area contributed by atoms with E-state index in [1.54, 1.807) is 24.3 Å². The number of carbonyl (C=O) groups excluding carboxylic acids is 2. The summed E-state index contributed by atoms with van der Waals surface area (Å²) in [5, 5.41) is 3.91. The minimum atomic E-state index is -0.738. The maximum atomic E-state index is 13.4. The molecule has 1 amide bonds. The smallest absolute Gasteiger partial charge is 0.343 e. The summed E-state index contributed by atoms with van der Waals surface area (Å²) in [6.45, 7) is 1.74. The number of esters is 1. The van der Waals surface area contributed by atoms with Gasteiger partial charge in [0.15, 0.2) is 12.4 Å². The summed E-state index contributed by atoms with van der Waals surface area (Å²) in [4.78, 5) is 24.4. The van der Waals surface area contributed by atoms with Crippen LogP contribution in [0, 0.1) is 12.7 Å². The molecule has 0 radical (unpaired) electrons. The van der Waals surface area contributed by atoms with Crippen LogP contribution < -0.4 is 14.9 Å². The van der Waals surface area contributed by atoms with Crippen molar-refractivity contribution >= 4 is 50.0 Å². The molecule has 3 rings (SSSR count). The predicted molar refractivity (Wildman–Crippen MR) is 126 cm³/mol. The van der Waals surface area contributed by atoms with Crippen molar-refractivity contribution in [3.63, 3.8) is 0 Å². The van der Waals surface area contributed by atoms with Crippen LogP contribution in [0.5, 0.6) is 11.5 Å². The highest BCUT2D eigenvalue weighted by Gasteiger charge is 2.16. The van der Waals surface area contributed by atoms with Gasteiger partial charge in [-0.25, -0.2) is 14.6 Å². The molecule has 0 saturated heterocycles. The van der Waals surface area contributed by atoms with Crippen LogP contribution in [0.15, 0.2) is 74.7 Å². The van der Waals surface area contributed by atoms with Crippen molar-refractivity contribution in [2.24, 2.45) is 5.10 Å². The number of amides is 1. The van der Waals surface area contributed by atoms with Gasteiger partial charge in [-0.2, -0.15) is 5.10 Å². The van der Waals surface area contributed by atoms with Crippen molar-refractivity contribution in [2.45, 2.75) is 6.92 Å². The van der Waals surface area contributed by atoms with Crippen LogP contribution in [0.1, 0.15) is 21.5 Å². The fourth-order valence-corrected chi connectivity index (χ4v) is 3.88. The summed E-state index contributed by atoms with van der Waals surface area (Å²) in [6, 6.07) is 15.8. The second-order valence-corrected chi connectivity index (χ2v) is 8.37. The third-order valence-corrected chi connectivity index (χ3v) is 5.12. The second-order valence-electron chi connectivity index (χ2n) is 6.60. The topological polar surface area (TPSA) is 77.0 Å². The van der Waals surface area contributed by atoms with E-state index in [1.807, 2.05) is 19.1 Å². The maximum Gasteiger partial charge on any atom is 0.343 e. The summed E-state index contributed by atoms with van der Waals surface area (Å²) >= 11 is 6.70. The quantitative estimate of drug-likeness (QED) is 0.180. The van der Waals surface area contributed by atoms with Crippen LogP contribution in [-0.2, 0) is 4.79 Å². The highest BCUT2D eigenvalue weighted by Crippen LogP contribution is 2.32. The molecule has 0 spiro atoms. The van der Waals surface area contributed by atoms with Crippen molar-refractivity contribution in [3.05, 3.63) is 92.1 Å². The van der Waals surface area contributed by atoms with E-state index >= 15 is 0 Å². The van der Waals surface area contributed by atoms with Gasteiger partial charge in [0.05, 0.1) is 16.3 Å². The van der Waals surface area contributed by atoms with E-state index < -0.39 is 17.7 Å². The monoisotopic (exact) mass is 562 g/mol. The summed E-state index contributed by atoms with van der Waals surface area (Å²) in [5.41, 5.74) is 3.90. The number of hydrogen-bond acceptors (Lipinski definition) is 5. The summed E-state index contributed by atoms with van der Waals surface area (Å²) < 4.78 is 25.4. The molecule has 0 aromatic heterocycles. The van der Waals surface area contributed by atoms with Gasteiger partial charge in [0, 0.05) is 10.0 Å². The van der Waals surface area contributed by atoms with E-state index in [1.165, 1.54) is 24.4 Å². The Labute approximate surface area is 200 Å². The Morgan fingerprint density at radius 3 is 2.56 bits per heavy atom. The largest absolute Gasteiger partial charge is 0.484 e. The van der Waals surface area contributed by atoms with Crippen LogP contribution in [0.3, 0.4) is 0 Å². The molecule has 0 saturated carbocycles. The van der Waals surface area contributed by atoms with E-state index in [9.17, 15) is 14.0 Å². The number of halogens is 3. The lowest BCUT2D eigenvalue weighted by atomic mass is 10.2.